The highest BCUT2D eigenvalue weighted by molar-refractivity contribution is 7.14. The number of nitrogens with zero attached hydrogens (tertiary/aromatic N) is 3. The number of fused-ring (bicyclic) bond motifs is 1. The van der Waals surface area contributed by atoms with Crippen LogP contribution in [0.25, 0.3) is 21.5 Å². The van der Waals surface area contributed by atoms with E-state index in [0.29, 0.717) is 6.04 Å². The molecule has 0 spiro atoms. The van der Waals surface area contributed by atoms with Gasteiger partial charge in [-0.15, -0.1) is 10.2 Å². The minimum Gasteiger partial charge on any atom is -0.308 e. The highest BCUT2D eigenvalue weighted by Gasteiger charge is 2.10. The lowest BCUT2D eigenvalue weighted by molar-refractivity contribution is 0.585. The van der Waals surface area contributed by atoms with Gasteiger partial charge in [0.25, 0.3) is 0 Å². The Morgan fingerprint density at radius 3 is 2.85 bits per heavy atom. The van der Waals surface area contributed by atoms with E-state index in [4.69, 9.17) is 0 Å². The van der Waals surface area contributed by atoms with Crippen molar-refractivity contribution in [1.29, 1.82) is 0 Å². The zero-order valence-electron chi connectivity index (χ0n) is 11.5. The maximum atomic E-state index is 4.46. The molecular weight excluding hydrogens is 268 g/mol. The molecule has 0 bridgehead atoms. The molecule has 4 nitrogen and oxygen atoms in total. The van der Waals surface area contributed by atoms with Gasteiger partial charge in [0.15, 0.2) is 0 Å². The van der Waals surface area contributed by atoms with Crippen molar-refractivity contribution in [2.45, 2.75) is 26.4 Å². The number of hydrogen-bond acceptors (Lipinski definition) is 5. The summed E-state index contributed by atoms with van der Waals surface area (Å²) in [5.41, 5.74) is 2.03. The second-order valence-corrected chi connectivity index (χ2v) is 5.98. The lowest BCUT2D eigenvalue weighted by Crippen LogP contribution is -2.21. The monoisotopic (exact) mass is 284 g/mol. The Morgan fingerprint density at radius 2 is 2.00 bits per heavy atom. The average Bonchev–Trinajstić information content (AvgIpc) is 2.93. The third-order valence-corrected chi connectivity index (χ3v) is 3.95. The van der Waals surface area contributed by atoms with E-state index < -0.39 is 0 Å². The summed E-state index contributed by atoms with van der Waals surface area (Å²) >= 11 is 1.62. The molecule has 102 valence electrons. The number of aromatic nitrogens is 3. The third kappa shape index (κ3) is 2.69. The summed E-state index contributed by atoms with van der Waals surface area (Å²) in [5, 5.41) is 15.0. The van der Waals surface area contributed by atoms with Crippen LogP contribution in [0, 0.1) is 0 Å². The topological polar surface area (TPSA) is 50.7 Å². The van der Waals surface area contributed by atoms with Crippen LogP contribution in [0.5, 0.6) is 0 Å². The van der Waals surface area contributed by atoms with E-state index >= 15 is 0 Å². The summed E-state index contributed by atoms with van der Waals surface area (Å²) in [6.07, 6.45) is 1.81. The van der Waals surface area contributed by atoms with Crippen molar-refractivity contribution in [2.75, 3.05) is 0 Å². The standard InChI is InChI=1S/C15H16N4S/c1-10(2)17-9-13-18-19-15(20-13)12-7-3-5-11-6-4-8-16-14(11)12/h3-8,10,17H,9H2,1-2H3. The molecule has 0 aliphatic rings. The molecule has 0 aliphatic heterocycles. The molecule has 5 heteroatoms. The van der Waals surface area contributed by atoms with Gasteiger partial charge in [-0.2, -0.15) is 0 Å². The van der Waals surface area contributed by atoms with Crippen LogP contribution in [-0.2, 0) is 6.54 Å². The minimum absolute atomic E-state index is 0.446. The van der Waals surface area contributed by atoms with Crippen LogP contribution < -0.4 is 5.32 Å². The zero-order valence-corrected chi connectivity index (χ0v) is 12.3. The van der Waals surface area contributed by atoms with Crippen LogP contribution in [-0.4, -0.2) is 21.2 Å². The van der Waals surface area contributed by atoms with Crippen LogP contribution >= 0.6 is 11.3 Å². The van der Waals surface area contributed by atoms with Gasteiger partial charge in [0.2, 0.25) is 0 Å². The Hall–Kier alpha value is -1.85. The minimum atomic E-state index is 0.446. The van der Waals surface area contributed by atoms with Gasteiger partial charge in [-0.1, -0.05) is 43.4 Å². The number of nitrogens with one attached hydrogen (secondary N) is 1. The first kappa shape index (κ1) is 13.1. The van der Waals surface area contributed by atoms with Crippen molar-refractivity contribution >= 4 is 22.2 Å². The summed E-state index contributed by atoms with van der Waals surface area (Å²) in [4.78, 5) is 4.46. The number of rotatable bonds is 4. The van der Waals surface area contributed by atoms with Crippen LogP contribution in [0.1, 0.15) is 18.9 Å². The van der Waals surface area contributed by atoms with E-state index in [-0.39, 0.29) is 0 Å². The molecule has 0 aliphatic carbocycles. The van der Waals surface area contributed by atoms with E-state index in [1.165, 1.54) is 0 Å². The van der Waals surface area contributed by atoms with E-state index in [1.54, 1.807) is 11.3 Å². The van der Waals surface area contributed by atoms with E-state index in [2.05, 4.69) is 52.5 Å². The Bertz CT molecular complexity index is 715. The molecule has 2 aromatic heterocycles. The fourth-order valence-corrected chi connectivity index (χ4v) is 2.82. The SMILES string of the molecule is CC(C)NCc1nnc(-c2cccc3cccnc23)s1. The summed E-state index contributed by atoms with van der Waals surface area (Å²) in [7, 11) is 0. The van der Waals surface area contributed by atoms with Crippen molar-refractivity contribution in [3.05, 3.63) is 41.5 Å². The maximum absolute atomic E-state index is 4.46. The molecule has 1 N–H and O–H groups in total. The molecule has 0 unspecified atom stereocenters. The summed E-state index contributed by atoms with van der Waals surface area (Å²) in [6.45, 7) is 5.00. The molecule has 2 heterocycles. The molecule has 0 saturated carbocycles. The second kappa shape index (κ2) is 5.64. The smallest absolute Gasteiger partial charge is 0.150 e. The van der Waals surface area contributed by atoms with Crippen LogP contribution in [0.2, 0.25) is 0 Å². The highest BCUT2D eigenvalue weighted by Crippen LogP contribution is 2.29. The van der Waals surface area contributed by atoms with Crippen LogP contribution in [0.3, 0.4) is 0 Å². The number of hydrogen-bond donors (Lipinski definition) is 1. The first-order chi connectivity index (χ1) is 9.74. The van der Waals surface area contributed by atoms with Gasteiger partial charge in [-0.25, -0.2) is 0 Å². The Labute approximate surface area is 121 Å². The van der Waals surface area contributed by atoms with Crippen molar-refractivity contribution in [3.8, 4) is 10.6 Å². The molecule has 0 amide bonds. The molecule has 3 aromatic rings. The zero-order chi connectivity index (χ0) is 13.9. The fraction of sp³-hybridized carbons (Fsp3) is 0.267. The average molecular weight is 284 g/mol. The Kier molecular flexibility index (Phi) is 3.71. The van der Waals surface area contributed by atoms with Gasteiger partial charge < -0.3 is 5.32 Å². The van der Waals surface area contributed by atoms with E-state index in [9.17, 15) is 0 Å². The molecule has 0 saturated heterocycles. The predicted molar refractivity (Wildman–Crippen MR) is 82.6 cm³/mol. The quantitative estimate of drug-likeness (QED) is 0.799. The van der Waals surface area contributed by atoms with Crippen molar-refractivity contribution in [1.82, 2.24) is 20.5 Å². The fourth-order valence-electron chi connectivity index (χ4n) is 2.00. The van der Waals surface area contributed by atoms with Gasteiger partial charge >= 0.3 is 0 Å². The second-order valence-electron chi connectivity index (χ2n) is 4.92. The first-order valence-electron chi connectivity index (χ1n) is 6.64. The van der Waals surface area contributed by atoms with Crippen LogP contribution in [0.15, 0.2) is 36.5 Å². The van der Waals surface area contributed by atoms with Crippen LogP contribution in [0.4, 0.5) is 0 Å². The first-order valence-corrected chi connectivity index (χ1v) is 7.45. The highest BCUT2D eigenvalue weighted by atomic mass is 32.1. The Morgan fingerprint density at radius 1 is 1.15 bits per heavy atom. The summed E-state index contributed by atoms with van der Waals surface area (Å²) < 4.78 is 0. The van der Waals surface area contributed by atoms with Gasteiger partial charge in [0.05, 0.1) is 5.52 Å². The van der Waals surface area contributed by atoms with Gasteiger partial charge in [-0.3, -0.25) is 4.98 Å². The molecule has 3 rings (SSSR count). The molecule has 20 heavy (non-hydrogen) atoms. The third-order valence-electron chi connectivity index (χ3n) is 2.99. The predicted octanol–water partition coefficient (Wildman–Crippen LogP) is 3.25. The lowest BCUT2D eigenvalue weighted by atomic mass is 10.1. The Balaban J connectivity index is 1.95. The van der Waals surface area contributed by atoms with Gasteiger partial charge in [-0.05, 0) is 12.1 Å². The lowest BCUT2D eigenvalue weighted by Gasteiger charge is -2.04. The van der Waals surface area contributed by atoms with Crippen molar-refractivity contribution in [3.63, 3.8) is 0 Å². The largest absolute Gasteiger partial charge is 0.308 e. The maximum Gasteiger partial charge on any atom is 0.150 e. The number of benzene rings is 1. The van der Waals surface area contributed by atoms with Crippen molar-refractivity contribution < 1.29 is 0 Å². The number of para-hydroxylation sites is 1. The summed E-state index contributed by atoms with van der Waals surface area (Å²) in [5.74, 6) is 0. The normalized spacial score (nSPS) is 11.3. The molecule has 0 fully saturated rings. The molecular formula is C15H16N4S. The molecule has 1 aromatic carbocycles. The molecule has 0 radical (unpaired) electrons. The van der Waals surface area contributed by atoms with Gasteiger partial charge in [0, 0.05) is 29.7 Å². The molecule has 0 atom stereocenters. The summed E-state index contributed by atoms with van der Waals surface area (Å²) in [6, 6.07) is 10.6. The van der Waals surface area contributed by atoms with E-state index in [1.807, 2.05) is 18.3 Å². The van der Waals surface area contributed by atoms with Gasteiger partial charge in [0.1, 0.15) is 10.0 Å². The van der Waals surface area contributed by atoms with E-state index in [0.717, 1.165) is 33.0 Å². The number of pyridine rings is 1. The van der Waals surface area contributed by atoms with Crippen molar-refractivity contribution in [2.24, 2.45) is 0 Å².